The summed E-state index contributed by atoms with van der Waals surface area (Å²) in [4.78, 5) is 0. The van der Waals surface area contributed by atoms with E-state index in [0.29, 0.717) is 12.3 Å². The molecule has 0 aromatic heterocycles. The quantitative estimate of drug-likeness (QED) is 0.465. The van der Waals surface area contributed by atoms with Gasteiger partial charge in [-0.3, -0.25) is 0 Å². The minimum absolute atomic E-state index is 0.148. The highest BCUT2D eigenvalue weighted by Gasteiger charge is 2.21. The molecule has 0 aliphatic rings. The normalized spacial score (nSPS) is 15.4. The van der Waals surface area contributed by atoms with Crippen LogP contribution >= 0.6 is 0 Å². The summed E-state index contributed by atoms with van der Waals surface area (Å²) in [6.45, 7) is 8.18. The Kier molecular flexibility index (Phi) is 8.50. The zero-order chi connectivity index (χ0) is 14.1. The second-order valence-electron chi connectivity index (χ2n) is 4.79. The zero-order valence-corrected chi connectivity index (χ0v) is 11.4. The molecule has 5 heteroatoms. The summed E-state index contributed by atoms with van der Waals surface area (Å²) in [5.74, 6) is 0.584. The third kappa shape index (κ3) is 6.67. The lowest BCUT2D eigenvalue weighted by molar-refractivity contribution is 0.160. The Hall–Kier alpha value is -1.00. The fraction of sp³-hybridized carbons (Fsp3) is 0.769. The number of alkyl halides is 2. The van der Waals surface area contributed by atoms with Crippen LogP contribution in [0.15, 0.2) is 17.0 Å². The molecule has 0 saturated heterocycles. The molecule has 0 N–H and O–H groups in total. The van der Waals surface area contributed by atoms with Gasteiger partial charge in [0.05, 0.1) is 6.61 Å². The third-order valence-corrected chi connectivity index (χ3v) is 2.34. The van der Waals surface area contributed by atoms with Crippen molar-refractivity contribution in [3.63, 3.8) is 0 Å². The van der Waals surface area contributed by atoms with Crippen LogP contribution in [0, 0.1) is 11.8 Å². The highest BCUT2D eigenvalue weighted by atomic mass is 19.3. The highest BCUT2D eigenvalue weighted by molar-refractivity contribution is 6.00. The molecule has 1 atom stereocenters. The Balaban J connectivity index is 4.52. The number of hydrogen-bond acceptors (Lipinski definition) is 2. The fourth-order valence-electron chi connectivity index (χ4n) is 1.71. The highest BCUT2D eigenvalue weighted by Crippen LogP contribution is 2.16. The molecule has 2 nitrogen and oxygen atoms in total. The van der Waals surface area contributed by atoms with Crippen LogP contribution in [0.1, 0.15) is 40.5 Å². The van der Waals surface area contributed by atoms with E-state index in [1.807, 2.05) is 6.92 Å². The van der Waals surface area contributed by atoms with Gasteiger partial charge in [0.1, 0.15) is 5.76 Å². The van der Waals surface area contributed by atoms with Crippen molar-refractivity contribution in [3.05, 3.63) is 11.8 Å². The van der Waals surface area contributed by atoms with Crippen LogP contribution in [0.4, 0.5) is 13.3 Å². The van der Waals surface area contributed by atoms with E-state index in [0.717, 1.165) is 6.42 Å². The molecule has 0 rings (SSSR count). The van der Waals surface area contributed by atoms with E-state index in [1.54, 1.807) is 6.92 Å². The minimum Gasteiger partial charge on any atom is -0.491 e. The molecule has 0 radical (unpaired) electrons. The molecule has 0 bridgehead atoms. The minimum atomic E-state index is -2.96. The SMILES string of the molecule is CC/C=C(OC[C@H](C)CC(C)C)\C(=N/F)C(F)F. The molecule has 0 saturated carbocycles. The zero-order valence-electron chi connectivity index (χ0n) is 11.4. The molecule has 0 fully saturated rings. The van der Waals surface area contributed by atoms with Crippen molar-refractivity contribution < 1.29 is 18.0 Å². The average molecular weight is 265 g/mol. The maximum Gasteiger partial charge on any atom is 0.286 e. The van der Waals surface area contributed by atoms with Crippen LogP contribution in [-0.4, -0.2) is 18.7 Å². The van der Waals surface area contributed by atoms with Gasteiger partial charge in [0, 0.05) is 0 Å². The van der Waals surface area contributed by atoms with Crippen LogP contribution in [0.2, 0.25) is 0 Å². The van der Waals surface area contributed by atoms with Crippen molar-refractivity contribution in [2.75, 3.05) is 6.61 Å². The lowest BCUT2D eigenvalue weighted by atomic mass is 10.00. The molecule has 0 aliphatic carbocycles. The molecule has 0 aromatic rings. The van der Waals surface area contributed by atoms with Gasteiger partial charge in [-0.15, -0.1) is 0 Å². The van der Waals surface area contributed by atoms with E-state index in [2.05, 4.69) is 19.1 Å². The van der Waals surface area contributed by atoms with E-state index in [4.69, 9.17) is 4.74 Å². The number of rotatable bonds is 8. The fourth-order valence-corrected chi connectivity index (χ4v) is 1.71. The van der Waals surface area contributed by atoms with Gasteiger partial charge in [0.2, 0.25) is 0 Å². The second-order valence-corrected chi connectivity index (χ2v) is 4.79. The van der Waals surface area contributed by atoms with Gasteiger partial charge in [-0.05, 0) is 30.8 Å². The first kappa shape index (κ1) is 17.0. The first-order valence-corrected chi connectivity index (χ1v) is 6.22. The first-order valence-electron chi connectivity index (χ1n) is 6.22. The average Bonchev–Trinajstić information content (AvgIpc) is 2.25. The van der Waals surface area contributed by atoms with Crippen molar-refractivity contribution in [2.45, 2.75) is 47.0 Å². The Bertz CT molecular complexity index is 288. The van der Waals surface area contributed by atoms with Crippen molar-refractivity contribution in [1.29, 1.82) is 0 Å². The number of nitrogens with zero attached hydrogens (tertiary/aromatic N) is 1. The lowest BCUT2D eigenvalue weighted by Crippen LogP contribution is -2.18. The van der Waals surface area contributed by atoms with Gasteiger partial charge < -0.3 is 4.74 Å². The van der Waals surface area contributed by atoms with Crippen LogP contribution in [-0.2, 0) is 4.74 Å². The number of ether oxygens (including phenoxy) is 1. The summed E-state index contributed by atoms with van der Waals surface area (Å²) in [5.41, 5.74) is -0.923. The Morgan fingerprint density at radius 2 is 1.89 bits per heavy atom. The Labute approximate surface area is 107 Å². The predicted octanol–water partition coefficient (Wildman–Crippen LogP) is 4.57. The molecule has 18 heavy (non-hydrogen) atoms. The second kappa shape index (κ2) is 9.00. The smallest absolute Gasteiger partial charge is 0.286 e. The summed E-state index contributed by atoms with van der Waals surface area (Å²) >= 11 is 0. The van der Waals surface area contributed by atoms with Gasteiger partial charge in [-0.25, -0.2) is 8.78 Å². The monoisotopic (exact) mass is 265 g/mol. The molecular weight excluding hydrogens is 243 g/mol. The van der Waals surface area contributed by atoms with Crippen molar-refractivity contribution in [1.82, 2.24) is 0 Å². The van der Waals surface area contributed by atoms with Gasteiger partial charge in [0.15, 0.2) is 5.71 Å². The maximum atomic E-state index is 12.5. The summed E-state index contributed by atoms with van der Waals surface area (Å²) in [7, 11) is 0. The van der Waals surface area contributed by atoms with Crippen LogP contribution in [0.3, 0.4) is 0 Å². The van der Waals surface area contributed by atoms with E-state index >= 15 is 0 Å². The summed E-state index contributed by atoms with van der Waals surface area (Å²) in [6, 6.07) is 0. The van der Waals surface area contributed by atoms with E-state index in [-0.39, 0.29) is 18.3 Å². The van der Waals surface area contributed by atoms with Crippen LogP contribution in [0.25, 0.3) is 0 Å². The molecule has 0 amide bonds. The summed E-state index contributed by atoms with van der Waals surface area (Å²) in [5, 5.41) is 2.12. The number of halogens is 3. The summed E-state index contributed by atoms with van der Waals surface area (Å²) in [6.07, 6.45) is -0.129. The van der Waals surface area contributed by atoms with E-state index in [1.165, 1.54) is 6.08 Å². The van der Waals surface area contributed by atoms with E-state index < -0.39 is 12.1 Å². The molecule has 0 aromatic carbocycles. The van der Waals surface area contributed by atoms with Crippen LogP contribution < -0.4 is 0 Å². The predicted molar refractivity (Wildman–Crippen MR) is 67.5 cm³/mol. The molecule has 0 unspecified atom stereocenters. The van der Waals surface area contributed by atoms with Gasteiger partial charge in [-0.2, -0.15) is 0 Å². The molecule has 0 spiro atoms. The van der Waals surface area contributed by atoms with Crippen molar-refractivity contribution in [3.8, 4) is 0 Å². The largest absolute Gasteiger partial charge is 0.491 e. The topological polar surface area (TPSA) is 21.6 Å². The van der Waals surface area contributed by atoms with Gasteiger partial charge in [-0.1, -0.05) is 37.4 Å². The maximum absolute atomic E-state index is 12.5. The van der Waals surface area contributed by atoms with E-state index in [9.17, 15) is 13.3 Å². The van der Waals surface area contributed by atoms with Crippen molar-refractivity contribution >= 4 is 5.71 Å². The number of allylic oxidation sites excluding steroid dienone is 2. The molecular formula is C13H22F3NO. The van der Waals surface area contributed by atoms with Gasteiger partial charge in [0.25, 0.3) is 6.43 Å². The molecule has 106 valence electrons. The third-order valence-electron chi connectivity index (χ3n) is 2.34. The van der Waals surface area contributed by atoms with Crippen LogP contribution in [0.5, 0.6) is 0 Å². The Morgan fingerprint density at radius 1 is 1.28 bits per heavy atom. The van der Waals surface area contributed by atoms with Crippen molar-refractivity contribution in [2.24, 2.45) is 17.1 Å². The molecule has 0 aliphatic heterocycles. The Morgan fingerprint density at radius 3 is 2.28 bits per heavy atom. The standard InChI is InChI=1S/C13H22F3NO/c1-5-6-11(12(17-16)13(14)15)18-8-10(4)7-9(2)3/h6,9-10,13H,5,7-8H2,1-4H3/b11-6+,17-12+/t10-/m1/s1. The summed E-state index contributed by atoms with van der Waals surface area (Å²) < 4.78 is 42.5. The van der Waals surface area contributed by atoms with Gasteiger partial charge >= 0.3 is 0 Å². The molecule has 0 heterocycles. The lowest BCUT2D eigenvalue weighted by Gasteiger charge is -2.17. The number of hydrogen-bond donors (Lipinski definition) is 0. The first-order chi connectivity index (χ1) is 8.42.